The van der Waals surface area contributed by atoms with Gasteiger partial charge < -0.3 is 4.74 Å². The normalized spacial score (nSPS) is 24.6. The topological polar surface area (TPSA) is 12.5 Å². The van der Waals surface area contributed by atoms with Gasteiger partial charge in [-0.1, -0.05) is 46.3 Å². The molecule has 0 spiro atoms. The Morgan fingerprint density at radius 1 is 1.36 bits per heavy atom. The molecule has 1 nitrogen and oxygen atoms in total. The summed E-state index contributed by atoms with van der Waals surface area (Å²) < 4.78 is 5.18. The Bertz CT molecular complexity index is 231. The molecule has 1 saturated heterocycles. The zero-order chi connectivity index (χ0) is 7.68. The van der Waals surface area contributed by atoms with Crippen LogP contribution < -0.4 is 0 Å². The number of halogens is 1. The van der Waals surface area contributed by atoms with E-state index in [4.69, 9.17) is 4.74 Å². The van der Waals surface area contributed by atoms with Gasteiger partial charge in [0.2, 0.25) is 0 Å². The Labute approximate surface area is 74.5 Å². The zero-order valence-electron chi connectivity index (χ0n) is 6.03. The molecule has 0 aromatic heterocycles. The average molecular weight is 213 g/mol. The maximum Gasteiger partial charge on any atom is 0.0975 e. The van der Waals surface area contributed by atoms with Crippen LogP contribution in [0.5, 0.6) is 0 Å². The van der Waals surface area contributed by atoms with Crippen molar-refractivity contribution in [1.29, 1.82) is 0 Å². The van der Waals surface area contributed by atoms with E-state index in [2.05, 4.69) is 28.1 Å². The minimum atomic E-state index is 0.378. The third-order valence-corrected chi connectivity index (χ3v) is 2.92. The summed E-state index contributed by atoms with van der Waals surface area (Å²) in [6, 6.07) is 10.3. The maximum absolute atomic E-state index is 5.18. The Morgan fingerprint density at radius 3 is 2.55 bits per heavy atom. The van der Waals surface area contributed by atoms with Crippen molar-refractivity contribution in [3.8, 4) is 0 Å². The lowest BCUT2D eigenvalue weighted by Gasteiger charge is -2.04. The summed E-state index contributed by atoms with van der Waals surface area (Å²) in [6.07, 6.45) is 0.400. The van der Waals surface area contributed by atoms with Crippen LogP contribution in [-0.4, -0.2) is 12.7 Å². The number of rotatable bonds is 2. The fourth-order valence-electron chi connectivity index (χ4n) is 1.08. The molecule has 2 atom stereocenters. The van der Waals surface area contributed by atoms with E-state index in [0.717, 1.165) is 6.61 Å². The molecule has 1 aliphatic rings. The highest BCUT2D eigenvalue weighted by atomic mass is 79.9. The molecule has 0 N–H and O–H groups in total. The molecule has 1 aromatic carbocycles. The van der Waals surface area contributed by atoms with Crippen LogP contribution in [0.2, 0.25) is 0 Å². The van der Waals surface area contributed by atoms with Crippen molar-refractivity contribution in [3.05, 3.63) is 35.9 Å². The second-order valence-electron chi connectivity index (χ2n) is 2.68. The second kappa shape index (κ2) is 2.95. The van der Waals surface area contributed by atoms with Gasteiger partial charge in [-0.15, -0.1) is 0 Å². The summed E-state index contributed by atoms with van der Waals surface area (Å²) >= 11 is 3.59. The lowest BCUT2D eigenvalue weighted by molar-refractivity contribution is 0.406. The Morgan fingerprint density at radius 2 is 2.00 bits per heavy atom. The molecule has 0 amide bonds. The van der Waals surface area contributed by atoms with Crippen molar-refractivity contribution < 1.29 is 4.74 Å². The van der Waals surface area contributed by atoms with Crippen molar-refractivity contribution in [2.24, 2.45) is 0 Å². The third-order valence-electron chi connectivity index (χ3n) is 1.80. The van der Waals surface area contributed by atoms with Gasteiger partial charge in [0, 0.05) is 0 Å². The minimum Gasteiger partial charge on any atom is -0.372 e. The third kappa shape index (κ3) is 1.63. The van der Waals surface area contributed by atoms with Crippen molar-refractivity contribution in [2.45, 2.75) is 10.9 Å². The quantitative estimate of drug-likeness (QED) is 0.543. The number of ether oxygens (including phenoxy) is 1. The van der Waals surface area contributed by atoms with E-state index in [1.54, 1.807) is 0 Å². The van der Waals surface area contributed by atoms with Gasteiger partial charge in [-0.05, 0) is 5.56 Å². The molecule has 0 aliphatic carbocycles. The van der Waals surface area contributed by atoms with Crippen LogP contribution in [-0.2, 0) is 4.74 Å². The van der Waals surface area contributed by atoms with E-state index in [-0.39, 0.29) is 0 Å². The van der Waals surface area contributed by atoms with Gasteiger partial charge >= 0.3 is 0 Å². The van der Waals surface area contributed by atoms with E-state index in [1.165, 1.54) is 5.56 Å². The fourth-order valence-corrected chi connectivity index (χ4v) is 1.69. The van der Waals surface area contributed by atoms with Crippen LogP contribution in [0.3, 0.4) is 0 Å². The molecule has 2 heteroatoms. The Hall–Kier alpha value is -0.340. The van der Waals surface area contributed by atoms with Crippen LogP contribution in [0.25, 0.3) is 0 Å². The SMILES string of the molecule is Br[C@@H](c1ccccc1)[C@@H]1CO1. The van der Waals surface area contributed by atoms with Gasteiger partial charge in [-0.2, -0.15) is 0 Å². The number of hydrogen-bond donors (Lipinski definition) is 0. The molecular formula is C9H9BrO. The van der Waals surface area contributed by atoms with Gasteiger partial charge in [0.1, 0.15) is 0 Å². The van der Waals surface area contributed by atoms with E-state index in [0.29, 0.717) is 10.9 Å². The Balaban J connectivity index is 2.15. The van der Waals surface area contributed by atoms with Gasteiger partial charge in [0.15, 0.2) is 0 Å². The van der Waals surface area contributed by atoms with E-state index in [9.17, 15) is 0 Å². The molecule has 0 saturated carbocycles. The summed E-state index contributed by atoms with van der Waals surface area (Å²) in [7, 11) is 0. The predicted molar refractivity (Wildman–Crippen MR) is 47.9 cm³/mol. The average Bonchev–Trinajstić information content (AvgIpc) is 2.87. The van der Waals surface area contributed by atoms with Crippen LogP contribution in [0, 0.1) is 0 Å². The Kier molecular flexibility index (Phi) is 1.96. The van der Waals surface area contributed by atoms with Crippen molar-refractivity contribution in [2.75, 3.05) is 6.61 Å². The first-order chi connectivity index (χ1) is 5.38. The number of epoxide rings is 1. The summed E-state index contributed by atoms with van der Waals surface area (Å²) in [4.78, 5) is 0.378. The lowest BCUT2D eigenvalue weighted by Crippen LogP contribution is -1.96. The first-order valence-corrected chi connectivity index (χ1v) is 4.60. The molecule has 58 valence electrons. The smallest absolute Gasteiger partial charge is 0.0975 e. The standard InChI is InChI=1S/C9H9BrO/c10-9(8-6-11-8)7-4-2-1-3-5-7/h1-5,8-9H,6H2/t8-,9-/m0/s1. The minimum absolute atomic E-state index is 0.378. The molecule has 11 heavy (non-hydrogen) atoms. The van der Waals surface area contributed by atoms with Crippen LogP contribution in [0.1, 0.15) is 10.4 Å². The van der Waals surface area contributed by atoms with E-state index < -0.39 is 0 Å². The summed E-state index contributed by atoms with van der Waals surface area (Å²) in [6.45, 7) is 0.894. The van der Waals surface area contributed by atoms with Crippen molar-refractivity contribution >= 4 is 15.9 Å². The first-order valence-electron chi connectivity index (χ1n) is 3.68. The monoisotopic (exact) mass is 212 g/mol. The van der Waals surface area contributed by atoms with Gasteiger partial charge in [0.25, 0.3) is 0 Å². The van der Waals surface area contributed by atoms with Crippen LogP contribution in [0.4, 0.5) is 0 Å². The maximum atomic E-state index is 5.18. The lowest BCUT2D eigenvalue weighted by atomic mass is 10.1. The molecule has 1 aromatic rings. The molecule has 1 fully saturated rings. The van der Waals surface area contributed by atoms with Crippen LogP contribution in [0.15, 0.2) is 30.3 Å². The summed E-state index contributed by atoms with van der Waals surface area (Å²) in [5.41, 5.74) is 1.30. The number of benzene rings is 1. The number of alkyl halides is 1. The van der Waals surface area contributed by atoms with Gasteiger partial charge in [-0.3, -0.25) is 0 Å². The van der Waals surface area contributed by atoms with Gasteiger partial charge in [0.05, 0.1) is 17.5 Å². The molecule has 2 rings (SSSR count). The van der Waals surface area contributed by atoms with E-state index >= 15 is 0 Å². The molecule has 0 radical (unpaired) electrons. The van der Waals surface area contributed by atoms with Gasteiger partial charge in [-0.25, -0.2) is 0 Å². The molecule has 0 unspecified atom stereocenters. The summed E-state index contributed by atoms with van der Waals surface area (Å²) in [5.74, 6) is 0. The molecule has 1 aliphatic heterocycles. The largest absolute Gasteiger partial charge is 0.372 e. The second-order valence-corrected chi connectivity index (χ2v) is 3.67. The fraction of sp³-hybridized carbons (Fsp3) is 0.333. The highest BCUT2D eigenvalue weighted by molar-refractivity contribution is 9.09. The highest BCUT2D eigenvalue weighted by Gasteiger charge is 2.31. The summed E-state index contributed by atoms with van der Waals surface area (Å²) in [5, 5.41) is 0. The van der Waals surface area contributed by atoms with Crippen LogP contribution >= 0.6 is 15.9 Å². The molecule has 0 bridgehead atoms. The van der Waals surface area contributed by atoms with Crippen molar-refractivity contribution in [3.63, 3.8) is 0 Å². The predicted octanol–water partition coefficient (Wildman–Crippen LogP) is 2.52. The van der Waals surface area contributed by atoms with E-state index in [1.807, 2.05) is 18.2 Å². The molecular weight excluding hydrogens is 204 g/mol. The number of hydrogen-bond acceptors (Lipinski definition) is 1. The highest BCUT2D eigenvalue weighted by Crippen LogP contribution is 2.34. The zero-order valence-corrected chi connectivity index (χ0v) is 7.62. The van der Waals surface area contributed by atoms with Crippen molar-refractivity contribution in [1.82, 2.24) is 0 Å². The molecule has 1 heterocycles. The first kappa shape index (κ1) is 7.32.